The van der Waals surface area contributed by atoms with Gasteiger partial charge in [0.2, 0.25) is 5.91 Å². The zero-order chi connectivity index (χ0) is 18.0. The fourth-order valence-electron chi connectivity index (χ4n) is 2.76. The Morgan fingerprint density at radius 1 is 1.29 bits per heavy atom. The average Bonchev–Trinajstić information content (AvgIpc) is 2.84. The minimum absolute atomic E-state index is 0.0553. The van der Waals surface area contributed by atoms with Crippen molar-refractivity contribution in [2.75, 3.05) is 18.1 Å². The van der Waals surface area contributed by atoms with Crippen LogP contribution in [0.5, 0.6) is 0 Å². The fourth-order valence-corrected chi connectivity index (χ4v) is 4.62. The first kappa shape index (κ1) is 18.8. The largest absolute Gasteiger partial charge is 0.416 e. The van der Waals surface area contributed by atoms with E-state index in [9.17, 15) is 26.4 Å². The van der Waals surface area contributed by atoms with Crippen LogP contribution in [0.1, 0.15) is 36.8 Å². The predicted molar refractivity (Wildman–Crippen MR) is 84.2 cm³/mol. The van der Waals surface area contributed by atoms with Gasteiger partial charge in [-0.15, -0.1) is 0 Å². The number of nitrogens with one attached hydrogen (secondary N) is 1. The normalized spacial score (nSPS) is 21.4. The molecule has 134 valence electrons. The number of hydrogen-bond donors (Lipinski definition) is 1. The van der Waals surface area contributed by atoms with Gasteiger partial charge in [0.15, 0.2) is 9.84 Å². The van der Waals surface area contributed by atoms with Crippen LogP contribution in [0.3, 0.4) is 0 Å². The Kier molecular flexibility index (Phi) is 5.57. The SMILES string of the molecule is CC(CC(=O)NCC1CCS(=O)(=O)C1)c1ccc(C(F)(F)F)cc1. The molecule has 1 fully saturated rings. The second-order valence-electron chi connectivity index (χ2n) is 6.30. The molecule has 1 aromatic rings. The fraction of sp³-hybridized carbons (Fsp3) is 0.562. The lowest BCUT2D eigenvalue weighted by molar-refractivity contribution is -0.137. The smallest absolute Gasteiger partial charge is 0.356 e. The highest BCUT2D eigenvalue weighted by molar-refractivity contribution is 7.91. The Morgan fingerprint density at radius 3 is 2.42 bits per heavy atom. The Hall–Kier alpha value is -1.57. The van der Waals surface area contributed by atoms with Gasteiger partial charge in [-0.2, -0.15) is 13.2 Å². The summed E-state index contributed by atoms with van der Waals surface area (Å²) in [6.45, 7) is 2.08. The molecule has 1 aliphatic heterocycles. The third-order valence-corrected chi connectivity index (χ3v) is 6.05. The molecule has 1 amide bonds. The van der Waals surface area contributed by atoms with E-state index < -0.39 is 21.6 Å². The van der Waals surface area contributed by atoms with Crippen molar-refractivity contribution in [1.82, 2.24) is 5.32 Å². The monoisotopic (exact) mass is 363 g/mol. The van der Waals surface area contributed by atoms with E-state index >= 15 is 0 Å². The van der Waals surface area contributed by atoms with Crippen LogP contribution in [-0.4, -0.2) is 32.4 Å². The highest BCUT2D eigenvalue weighted by Gasteiger charge is 2.30. The first-order chi connectivity index (χ1) is 11.1. The quantitative estimate of drug-likeness (QED) is 0.875. The zero-order valence-corrected chi connectivity index (χ0v) is 14.1. The predicted octanol–water partition coefficient (Wildman–Crippen LogP) is 2.75. The van der Waals surface area contributed by atoms with Gasteiger partial charge >= 0.3 is 6.18 Å². The van der Waals surface area contributed by atoms with Crippen molar-refractivity contribution in [3.05, 3.63) is 35.4 Å². The molecule has 8 heteroatoms. The number of benzene rings is 1. The van der Waals surface area contributed by atoms with Gasteiger partial charge in [-0.25, -0.2) is 8.42 Å². The highest BCUT2D eigenvalue weighted by Crippen LogP contribution is 2.30. The highest BCUT2D eigenvalue weighted by atomic mass is 32.2. The summed E-state index contributed by atoms with van der Waals surface area (Å²) in [6, 6.07) is 4.77. The average molecular weight is 363 g/mol. The molecule has 0 saturated carbocycles. The summed E-state index contributed by atoms with van der Waals surface area (Å²) >= 11 is 0. The number of alkyl halides is 3. The van der Waals surface area contributed by atoms with Gasteiger partial charge in [0, 0.05) is 13.0 Å². The van der Waals surface area contributed by atoms with Gasteiger partial charge in [0.05, 0.1) is 17.1 Å². The molecule has 1 aliphatic rings. The van der Waals surface area contributed by atoms with Gasteiger partial charge in [0.1, 0.15) is 0 Å². The standard InChI is InChI=1S/C16H20F3NO3S/c1-11(13-2-4-14(5-3-13)16(17,18)19)8-15(21)20-9-12-6-7-24(22,23)10-12/h2-5,11-12H,6-10H2,1H3,(H,20,21). The summed E-state index contributed by atoms with van der Waals surface area (Å²) in [5.41, 5.74) is -0.0630. The molecular formula is C16H20F3NO3S. The summed E-state index contributed by atoms with van der Waals surface area (Å²) in [5.74, 6) is -0.247. The van der Waals surface area contributed by atoms with E-state index in [1.54, 1.807) is 6.92 Å². The summed E-state index contributed by atoms with van der Waals surface area (Å²) in [4.78, 5) is 11.9. The minimum Gasteiger partial charge on any atom is -0.356 e. The van der Waals surface area contributed by atoms with Crippen molar-refractivity contribution >= 4 is 15.7 Å². The molecule has 2 rings (SSSR count). The molecule has 1 heterocycles. The summed E-state index contributed by atoms with van der Waals surface area (Å²) in [6.07, 6.45) is -3.68. The Bertz CT molecular complexity index is 684. The van der Waals surface area contributed by atoms with E-state index in [0.29, 0.717) is 18.5 Å². The van der Waals surface area contributed by atoms with Crippen LogP contribution in [0.15, 0.2) is 24.3 Å². The van der Waals surface area contributed by atoms with Crippen LogP contribution in [0, 0.1) is 5.92 Å². The van der Waals surface area contributed by atoms with Crippen LogP contribution in [0.25, 0.3) is 0 Å². The first-order valence-electron chi connectivity index (χ1n) is 7.71. The summed E-state index contributed by atoms with van der Waals surface area (Å²) < 4.78 is 60.3. The van der Waals surface area contributed by atoms with Crippen LogP contribution < -0.4 is 5.32 Å². The van der Waals surface area contributed by atoms with E-state index in [2.05, 4.69) is 5.32 Å². The number of sulfone groups is 1. The molecule has 1 aromatic carbocycles. The maximum atomic E-state index is 12.5. The number of rotatable bonds is 5. The van der Waals surface area contributed by atoms with Gasteiger partial charge in [0.25, 0.3) is 0 Å². The van der Waals surface area contributed by atoms with E-state index in [0.717, 1.165) is 12.1 Å². The van der Waals surface area contributed by atoms with Crippen molar-refractivity contribution in [3.8, 4) is 0 Å². The maximum absolute atomic E-state index is 12.5. The van der Waals surface area contributed by atoms with Crippen LogP contribution in [-0.2, 0) is 20.8 Å². The third kappa shape index (κ3) is 5.22. The molecule has 2 atom stereocenters. The van der Waals surface area contributed by atoms with Crippen LogP contribution >= 0.6 is 0 Å². The maximum Gasteiger partial charge on any atom is 0.416 e. The Morgan fingerprint density at radius 2 is 1.92 bits per heavy atom. The second-order valence-corrected chi connectivity index (χ2v) is 8.53. The van der Waals surface area contributed by atoms with Crippen molar-refractivity contribution in [3.63, 3.8) is 0 Å². The molecule has 1 N–H and O–H groups in total. The van der Waals surface area contributed by atoms with Gasteiger partial charge < -0.3 is 5.32 Å². The van der Waals surface area contributed by atoms with Crippen molar-refractivity contribution in [1.29, 1.82) is 0 Å². The van der Waals surface area contributed by atoms with Crippen molar-refractivity contribution in [2.45, 2.75) is 31.9 Å². The van der Waals surface area contributed by atoms with Gasteiger partial charge in [-0.3, -0.25) is 4.79 Å². The second kappa shape index (κ2) is 7.13. The first-order valence-corrected chi connectivity index (χ1v) is 9.53. The molecule has 0 bridgehead atoms. The van der Waals surface area contributed by atoms with Crippen molar-refractivity contribution < 1.29 is 26.4 Å². The van der Waals surface area contributed by atoms with Crippen molar-refractivity contribution in [2.24, 2.45) is 5.92 Å². The molecule has 0 aliphatic carbocycles. The molecule has 0 spiro atoms. The van der Waals surface area contributed by atoms with E-state index in [-0.39, 0.29) is 35.7 Å². The van der Waals surface area contributed by atoms with Crippen LogP contribution in [0.2, 0.25) is 0 Å². The molecule has 24 heavy (non-hydrogen) atoms. The van der Waals surface area contributed by atoms with Gasteiger partial charge in [-0.05, 0) is 36.0 Å². The molecular weight excluding hydrogens is 343 g/mol. The lowest BCUT2D eigenvalue weighted by atomic mass is 9.96. The number of carbonyl (C=O) groups is 1. The number of amides is 1. The van der Waals surface area contributed by atoms with E-state index in [1.165, 1.54) is 12.1 Å². The number of carbonyl (C=O) groups excluding carboxylic acids is 1. The number of halogens is 3. The van der Waals surface area contributed by atoms with Crippen LogP contribution in [0.4, 0.5) is 13.2 Å². The van der Waals surface area contributed by atoms with Gasteiger partial charge in [-0.1, -0.05) is 19.1 Å². The molecule has 1 saturated heterocycles. The molecule has 2 unspecified atom stereocenters. The summed E-state index contributed by atoms with van der Waals surface area (Å²) in [5, 5.41) is 2.72. The minimum atomic E-state index is -4.37. The summed E-state index contributed by atoms with van der Waals surface area (Å²) in [7, 11) is -2.97. The molecule has 0 radical (unpaired) electrons. The molecule has 4 nitrogen and oxygen atoms in total. The zero-order valence-electron chi connectivity index (χ0n) is 13.3. The third-order valence-electron chi connectivity index (χ3n) is 4.21. The number of hydrogen-bond acceptors (Lipinski definition) is 3. The Balaban J connectivity index is 1.83. The van der Waals surface area contributed by atoms with E-state index in [1.807, 2.05) is 0 Å². The molecule has 0 aromatic heterocycles. The lowest BCUT2D eigenvalue weighted by Crippen LogP contribution is -2.30. The lowest BCUT2D eigenvalue weighted by Gasteiger charge is -2.15. The topological polar surface area (TPSA) is 63.2 Å². The van der Waals surface area contributed by atoms with E-state index in [4.69, 9.17) is 0 Å². The Labute approximate surface area is 139 Å².